The Kier molecular flexibility index (Phi) is 45.4. The van der Waals surface area contributed by atoms with Crippen molar-refractivity contribution in [3.63, 3.8) is 0 Å². The first-order valence-electron chi connectivity index (χ1n) is 25.0. The first kappa shape index (κ1) is 55.6. The minimum absolute atomic E-state index is 0.0754. The smallest absolute Gasteiger partial charge is 0.306 e. The molecule has 0 fully saturated rings. The summed E-state index contributed by atoms with van der Waals surface area (Å²) >= 11 is 0. The van der Waals surface area contributed by atoms with Crippen LogP contribution in [0.5, 0.6) is 0 Å². The summed E-state index contributed by atoms with van der Waals surface area (Å²) in [7, 11) is 0. The topological polar surface area (TPSA) is 78.9 Å². The highest BCUT2D eigenvalue weighted by atomic mass is 16.6. The number of hydrogen-bond acceptors (Lipinski definition) is 6. The number of carbonyl (C=O) groups excluding carboxylic acids is 3. The van der Waals surface area contributed by atoms with Crippen LogP contribution >= 0.6 is 0 Å². The third-order valence-electron chi connectivity index (χ3n) is 10.9. The molecule has 0 aromatic carbocycles. The SMILES string of the molecule is CC/C=C\C/C=C\C/C=C\CCCCCCCC(=O)O[C@H](COC(=O)CCCCCCCCCCC)COC(=O)CCCCCCCCCCCCCCCCCC. The quantitative estimate of drug-likeness (QED) is 0.0264. The average molecular weight is 815 g/mol. The maximum Gasteiger partial charge on any atom is 0.306 e. The van der Waals surface area contributed by atoms with Crippen molar-refractivity contribution in [2.45, 2.75) is 264 Å². The molecule has 0 aromatic rings. The predicted octanol–water partition coefficient (Wildman–Crippen LogP) is 16.1. The van der Waals surface area contributed by atoms with Crippen LogP contribution in [0, 0.1) is 0 Å². The monoisotopic (exact) mass is 815 g/mol. The maximum absolute atomic E-state index is 12.7. The van der Waals surface area contributed by atoms with Crippen LogP contribution in [0.3, 0.4) is 0 Å². The molecule has 0 spiro atoms. The van der Waals surface area contributed by atoms with Gasteiger partial charge in [-0.25, -0.2) is 0 Å². The number of ether oxygens (including phenoxy) is 3. The second-order valence-corrected chi connectivity index (χ2v) is 16.7. The first-order chi connectivity index (χ1) is 28.5. The molecule has 0 unspecified atom stereocenters. The van der Waals surface area contributed by atoms with Crippen LogP contribution in [0.2, 0.25) is 0 Å². The second kappa shape index (κ2) is 47.3. The zero-order chi connectivity index (χ0) is 42.3. The molecular formula is C52H94O6. The minimum atomic E-state index is -0.774. The molecule has 338 valence electrons. The van der Waals surface area contributed by atoms with E-state index in [-0.39, 0.29) is 31.1 Å². The van der Waals surface area contributed by atoms with E-state index in [0.29, 0.717) is 19.3 Å². The van der Waals surface area contributed by atoms with E-state index in [0.717, 1.165) is 96.3 Å². The molecule has 0 saturated heterocycles. The van der Waals surface area contributed by atoms with E-state index in [1.165, 1.54) is 122 Å². The second-order valence-electron chi connectivity index (χ2n) is 16.7. The third-order valence-corrected chi connectivity index (χ3v) is 10.9. The van der Waals surface area contributed by atoms with Crippen LogP contribution in [-0.4, -0.2) is 37.2 Å². The van der Waals surface area contributed by atoms with Gasteiger partial charge in [-0.3, -0.25) is 14.4 Å². The number of carbonyl (C=O) groups is 3. The van der Waals surface area contributed by atoms with E-state index in [1.807, 2.05) is 0 Å². The summed E-state index contributed by atoms with van der Waals surface area (Å²) in [5.41, 5.74) is 0. The Bertz CT molecular complexity index is 984. The molecule has 0 bridgehead atoms. The molecule has 6 heteroatoms. The van der Waals surface area contributed by atoms with Gasteiger partial charge in [0.05, 0.1) is 0 Å². The lowest BCUT2D eigenvalue weighted by atomic mass is 10.0. The molecule has 6 nitrogen and oxygen atoms in total. The highest BCUT2D eigenvalue weighted by Crippen LogP contribution is 2.16. The Morgan fingerprint density at radius 3 is 1.05 bits per heavy atom. The van der Waals surface area contributed by atoms with E-state index in [4.69, 9.17) is 14.2 Å². The summed E-state index contributed by atoms with van der Waals surface area (Å²) in [6.45, 7) is 6.51. The lowest BCUT2D eigenvalue weighted by molar-refractivity contribution is -0.167. The summed E-state index contributed by atoms with van der Waals surface area (Å²) < 4.78 is 16.7. The molecule has 0 aliphatic rings. The van der Waals surface area contributed by atoms with Crippen LogP contribution in [0.1, 0.15) is 258 Å². The molecular weight excluding hydrogens is 721 g/mol. The Balaban J connectivity index is 4.32. The maximum atomic E-state index is 12.7. The summed E-state index contributed by atoms with van der Waals surface area (Å²) in [6.07, 6.45) is 54.1. The van der Waals surface area contributed by atoms with E-state index in [2.05, 4.69) is 57.2 Å². The van der Waals surface area contributed by atoms with Gasteiger partial charge < -0.3 is 14.2 Å². The molecule has 0 N–H and O–H groups in total. The van der Waals surface area contributed by atoms with Crippen LogP contribution < -0.4 is 0 Å². The highest BCUT2D eigenvalue weighted by molar-refractivity contribution is 5.71. The van der Waals surface area contributed by atoms with Gasteiger partial charge in [0, 0.05) is 19.3 Å². The lowest BCUT2D eigenvalue weighted by Crippen LogP contribution is -2.30. The summed E-state index contributed by atoms with van der Waals surface area (Å²) in [6, 6.07) is 0. The normalized spacial score (nSPS) is 12.3. The van der Waals surface area contributed by atoms with Gasteiger partial charge in [-0.15, -0.1) is 0 Å². The minimum Gasteiger partial charge on any atom is -0.462 e. The van der Waals surface area contributed by atoms with Gasteiger partial charge in [-0.05, 0) is 51.4 Å². The number of allylic oxidation sites excluding steroid dienone is 6. The van der Waals surface area contributed by atoms with Crippen LogP contribution in [0.25, 0.3) is 0 Å². The molecule has 0 amide bonds. The van der Waals surface area contributed by atoms with E-state index < -0.39 is 6.10 Å². The van der Waals surface area contributed by atoms with Crippen LogP contribution in [0.4, 0.5) is 0 Å². The average Bonchev–Trinajstić information content (AvgIpc) is 3.22. The molecule has 0 saturated carbocycles. The van der Waals surface area contributed by atoms with Crippen molar-refractivity contribution in [2.24, 2.45) is 0 Å². The fourth-order valence-electron chi connectivity index (χ4n) is 7.16. The molecule has 0 radical (unpaired) electrons. The van der Waals surface area contributed by atoms with Crippen molar-refractivity contribution in [3.8, 4) is 0 Å². The lowest BCUT2D eigenvalue weighted by Gasteiger charge is -2.18. The van der Waals surface area contributed by atoms with E-state index in [9.17, 15) is 14.4 Å². The molecule has 0 aliphatic carbocycles. The number of esters is 3. The Morgan fingerprint density at radius 1 is 0.362 bits per heavy atom. The van der Waals surface area contributed by atoms with Crippen molar-refractivity contribution >= 4 is 17.9 Å². The van der Waals surface area contributed by atoms with Crippen LogP contribution in [0.15, 0.2) is 36.5 Å². The van der Waals surface area contributed by atoms with Crippen molar-refractivity contribution in [1.82, 2.24) is 0 Å². The van der Waals surface area contributed by atoms with Gasteiger partial charge >= 0.3 is 17.9 Å². The van der Waals surface area contributed by atoms with Crippen LogP contribution in [-0.2, 0) is 28.6 Å². The van der Waals surface area contributed by atoms with Crippen molar-refractivity contribution in [1.29, 1.82) is 0 Å². The zero-order valence-electron chi connectivity index (χ0n) is 38.6. The molecule has 0 heterocycles. The molecule has 1 atom stereocenters. The zero-order valence-corrected chi connectivity index (χ0v) is 38.6. The summed E-state index contributed by atoms with van der Waals surface area (Å²) in [5, 5.41) is 0. The number of hydrogen-bond donors (Lipinski definition) is 0. The molecule has 0 aliphatic heterocycles. The number of unbranched alkanes of at least 4 members (excludes halogenated alkanes) is 28. The highest BCUT2D eigenvalue weighted by Gasteiger charge is 2.19. The molecule has 58 heavy (non-hydrogen) atoms. The summed E-state index contributed by atoms with van der Waals surface area (Å²) in [5.74, 6) is -0.886. The number of rotatable bonds is 45. The predicted molar refractivity (Wildman–Crippen MR) is 247 cm³/mol. The fourth-order valence-corrected chi connectivity index (χ4v) is 7.16. The Morgan fingerprint density at radius 2 is 0.672 bits per heavy atom. The third kappa shape index (κ3) is 44.7. The standard InChI is InChI=1S/C52H94O6/c1-4-7-10-13-16-19-21-23-25-27-28-30-33-36-39-42-45-51(54)57-48-49(47-56-50(53)44-41-38-35-32-18-15-12-9-6-3)58-52(55)46-43-40-37-34-31-29-26-24-22-20-17-14-11-8-5-2/h8,11,17,20,24,26,49H,4-7,9-10,12-16,18-19,21-23,25,27-48H2,1-3H3/b11-8-,20-17-,26-24-/t49-/m1/s1. The first-order valence-corrected chi connectivity index (χ1v) is 25.0. The Hall–Kier alpha value is -2.37. The largest absolute Gasteiger partial charge is 0.462 e. The molecule has 0 rings (SSSR count). The van der Waals surface area contributed by atoms with Crippen molar-refractivity contribution < 1.29 is 28.6 Å². The van der Waals surface area contributed by atoms with Crippen molar-refractivity contribution in [3.05, 3.63) is 36.5 Å². The van der Waals surface area contributed by atoms with Gasteiger partial charge in [0.25, 0.3) is 0 Å². The fraction of sp³-hybridized carbons (Fsp3) is 0.827. The molecule has 0 aromatic heterocycles. The van der Waals surface area contributed by atoms with Crippen molar-refractivity contribution in [2.75, 3.05) is 13.2 Å². The van der Waals surface area contributed by atoms with E-state index in [1.54, 1.807) is 0 Å². The Labute approximate surface area is 359 Å². The summed E-state index contributed by atoms with van der Waals surface area (Å²) in [4.78, 5) is 37.8. The van der Waals surface area contributed by atoms with Gasteiger partial charge in [0.15, 0.2) is 6.10 Å². The van der Waals surface area contributed by atoms with Gasteiger partial charge in [0.2, 0.25) is 0 Å². The van der Waals surface area contributed by atoms with Gasteiger partial charge in [0.1, 0.15) is 13.2 Å². The van der Waals surface area contributed by atoms with E-state index >= 15 is 0 Å². The van der Waals surface area contributed by atoms with Gasteiger partial charge in [-0.2, -0.15) is 0 Å². The van der Waals surface area contributed by atoms with Gasteiger partial charge in [-0.1, -0.05) is 224 Å².